The Morgan fingerprint density at radius 1 is 1.25 bits per heavy atom. The Morgan fingerprint density at radius 3 is 2.72 bits per heavy atom. The highest BCUT2D eigenvalue weighted by molar-refractivity contribution is 5.76. The van der Waals surface area contributed by atoms with Crippen molar-refractivity contribution >= 4 is 5.91 Å². The van der Waals surface area contributed by atoms with E-state index >= 15 is 0 Å². The normalized spacial score (nSPS) is 31.5. The number of hydrogen-bond acceptors (Lipinski definition) is 4. The molecule has 32 heavy (non-hydrogen) atoms. The highest BCUT2D eigenvalue weighted by atomic mass is 16.3. The molecule has 0 unspecified atom stereocenters. The molecule has 0 bridgehead atoms. The van der Waals surface area contributed by atoms with Crippen molar-refractivity contribution in [1.82, 2.24) is 9.80 Å². The summed E-state index contributed by atoms with van der Waals surface area (Å²) in [7, 11) is 2.11. The van der Waals surface area contributed by atoms with Gasteiger partial charge in [-0.2, -0.15) is 0 Å². The zero-order valence-electron chi connectivity index (χ0n) is 20.2. The van der Waals surface area contributed by atoms with Crippen LogP contribution in [-0.4, -0.2) is 71.4 Å². The Bertz CT molecular complexity index is 742. The summed E-state index contributed by atoms with van der Waals surface area (Å²) in [5, 5.41) is 21.0. The molecule has 6 atom stereocenters. The van der Waals surface area contributed by atoms with Gasteiger partial charge in [0.25, 0.3) is 0 Å². The van der Waals surface area contributed by atoms with E-state index in [4.69, 9.17) is 0 Å². The zero-order chi connectivity index (χ0) is 23.1. The third-order valence-electron chi connectivity index (χ3n) is 7.71. The SMILES string of the molecule is CC#CC[C@H](C)[C@H](O)/C=C/[C@@H]1[C@H]2C/C(=C/CCCC(=O)N3CCN(C)CC3)C[C@H]2C[C@H]1O. The highest BCUT2D eigenvalue weighted by Crippen LogP contribution is 2.50. The van der Waals surface area contributed by atoms with Gasteiger partial charge in [0, 0.05) is 44.9 Å². The van der Waals surface area contributed by atoms with Crippen LogP contribution in [-0.2, 0) is 4.79 Å². The molecular formula is C27H42N2O3. The molecule has 0 aromatic rings. The molecule has 0 aromatic carbocycles. The van der Waals surface area contributed by atoms with Crippen LogP contribution in [0.5, 0.6) is 0 Å². The van der Waals surface area contributed by atoms with Gasteiger partial charge in [-0.1, -0.05) is 30.7 Å². The first kappa shape index (κ1) is 25.0. The number of aliphatic hydroxyl groups is 2. The number of carbonyl (C=O) groups excluding carboxylic acids is 1. The fraction of sp³-hybridized carbons (Fsp3) is 0.741. The molecule has 1 heterocycles. The fourth-order valence-corrected chi connectivity index (χ4v) is 5.53. The van der Waals surface area contributed by atoms with Crippen LogP contribution in [0.3, 0.4) is 0 Å². The van der Waals surface area contributed by atoms with E-state index in [0.29, 0.717) is 30.6 Å². The standard InChI is InChI=1S/C27H42N2O3/c1-4-5-8-20(2)25(30)12-11-23-24-18-21(17-22(24)19-26(23)31)9-6-7-10-27(32)29-15-13-28(3)14-16-29/h9,11-12,20,22-26,30-31H,6-8,10,13-19H2,1-3H3/b12-11+,21-9+/t20-,22-,23+,24-,25+,26+/m0/s1. The molecule has 2 N–H and O–H groups in total. The van der Waals surface area contributed by atoms with Crippen molar-refractivity contribution < 1.29 is 15.0 Å². The number of piperazine rings is 1. The second-order valence-corrected chi connectivity index (χ2v) is 10.1. The van der Waals surface area contributed by atoms with Gasteiger partial charge in [-0.15, -0.1) is 11.8 Å². The second-order valence-electron chi connectivity index (χ2n) is 10.1. The molecule has 1 saturated heterocycles. The van der Waals surface area contributed by atoms with Gasteiger partial charge in [0.15, 0.2) is 0 Å². The average molecular weight is 443 g/mol. The molecule has 3 fully saturated rings. The van der Waals surface area contributed by atoms with E-state index < -0.39 is 6.10 Å². The maximum atomic E-state index is 12.4. The second kappa shape index (κ2) is 12.0. The third-order valence-corrected chi connectivity index (χ3v) is 7.71. The Balaban J connectivity index is 1.43. The lowest BCUT2D eigenvalue weighted by Crippen LogP contribution is -2.47. The number of amides is 1. The van der Waals surface area contributed by atoms with Crippen molar-refractivity contribution in [2.24, 2.45) is 23.7 Å². The van der Waals surface area contributed by atoms with Crippen molar-refractivity contribution in [1.29, 1.82) is 0 Å². The van der Waals surface area contributed by atoms with Gasteiger partial charge < -0.3 is 20.0 Å². The summed E-state index contributed by atoms with van der Waals surface area (Å²) in [6, 6.07) is 0. The predicted molar refractivity (Wildman–Crippen MR) is 129 cm³/mol. The number of hydrogen-bond donors (Lipinski definition) is 2. The quantitative estimate of drug-likeness (QED) is 0.344. The molecule has 0 aromatic heterocycles. The van der Waals surface area contributed by atoms with E-state index in [0.717, 1.165) is 58.3 Å². The van der Waals surface area contributed by atoms with E-state index in [1.54, 1.807) is 0 Å². The van der Waals surface area contributed by atoms with E-state index in [1.807, 2.05) is 24.8 Å². The predicted octanol–water partition coefficient (Wildman–Crippen LogP) is 3.23. The molecule has 2 saturated carbocycles. The van der Waals surface area contributed by atoms with Gasteiger partial charge in [0.1, 0.15) is 0 Å². The van der Waals surface area contributed by atoms with Crippen LogP contribution in [0.1, 0.15) is 58.8 Å². The lowest BCUT2D eigenvalue weighted by atomic mass is 9.89. The van der Waals surface area contributed by atoms with Crippen LogP contribution in [0.25, 0.3) is 0 Å². The monoisotopic (exact) mass is 442 g/mol. The molecule has 3 rings (SSSR count). The Hall–Kier alpha value is -1.61. The molecule has 0 radical (unpaired) electrons. The highest BCUT2D eigenvalue weighted by Gasteiger charge is 2.45. The summed E-state index contributed by atoms with van der Waals surface area (Å²) < 4.78 is 0. The summed E-state index contributed by atoms with van der Waals surface area (Å²) in [5.41, 5.74) is 1.49. The number of rotatable bonds is 8. The van der Waals surface area contributed by atoms with Crippen LogP contribution in [0.15, 0.2) is 23.8 Å². The Labute approximate surface area is 194 Å². The topological polar surface area (TPSA) is 64.0 Å². The smallest absolute Gasteiger partial charge is 0.222 e. The number of unbranched alkanes of at least 4 members (excludes halogenated alkanes) is 1. The summed E-state index contributed by atoms with van der Waals surface area (Å²) in [6.45, 7) is 7.50. The van der Waals surface area contributed by atoms with Crippen molar-refractivity contribution in [2.75, 3.05) is 33.2 Å². The van der Waals surface area contributed by atoms with Gasteiger partial charge >= 0.3 is 0 Å². The maximum absolute atomic E-state index is 12.4. The summed E-state index contributed by atoms with van der Waals surface area (Å²) in [4.78, 5) is 16.7. The lowest BCUT2D eigenvalue weighted by Gasteiger charge is -2.32. The van der Waals surface area contributed by atoms with E-state index in [-0.39, 0.29) is 17.9 Å². The van der Waals surface area contributed by atoms with Gasteiger partial charge in [-0.05, 0) is 63.8 Å². The first-order valence-electron chi connectivity index (χ1n) is 12.5. The number of carbonyl (C=O) groups is 1. The van der Waals surface area contributed by atoms with Crippen LogP contribution < -0.4 is 0 Å². The van der Waals surface area contributed by atoms with Gasteiger partial charge in [0.2, 0.25) is 5.91 Å². The summed E-state index contributed by atoms with van der Waals surface area (Å²) in [6.07, 6.45) is 11.6. The minimum absolute atomic E-state index is 0.0978. The summed E-state index contributed by atoms with van der Waals surface area (Å²) >= 11 is 0. The number of allylic oxidation sites excluding steroid dienone is 2. The first-order chi connectivity index (χ1) is 15.4. The molecule has 178 valence electrons. The molecule has 1 amide bonds. The Morgan fingerprint density at radius 2 is 2.00 bits per heavy atom. The number of nitrogens with zero attached hydrogens (tertiary/aromatic N) is 2. The van der Waals surface area contributed by atoms with E-state index in [1.165, 1.54) is 5.57 Å². The van der Waals surface area contributed by atoms with Crippen LogP contribution in [0.4, 0.5) is 0 Å². The number of likely N-dealkylation sites (N-methyl/N-ethyl adjacent to an activating group) is 1. The molecule has 3 aliphatic rings. The molecule has 1 aliphatic heterocycles. The molecule has 0 spiro atoms. The van der Waals surface area contributed by atoms with Crippen molar-refractivity contribution in [3.8, 4) is 11.8 Å². The van der Waals surface area contributed by atoms with Crippen LogP contribution >= 0.6 is 0 Å². The molecule has 5 nitrogen and oxygen atoms in total. The summed E-state index contributed by atoms with van der Waals surface area (Å²) in [5.74, 6) is 7.45. The number of aliphatic hydroxyl groups excluding tert-OH is 2. The minimum atomic E-state index is -0.517. The van der Waals surface area contributed by atoms with E-state index in [2.05, 4.69) is 35.9 Å². The maximum Gasteiger partial charge on any atom is 0.222 e. The largest absolute Gasteiger partial charge is 0.392 e. The van der Waals surface area contributed by atoms with Gasteiger partial charge in [0.05, 0.1) is 12.2 Å². The van der Waals surface area contributed by atoms with Gasteiger partial charge in [-0.25, -0.2) is 0 Å². The molecular weight excluding hydrogens is 400 g/mol. The average Bonchev–Trinajstić information content (AvgIpc) is 3.29. The third kappa shape index (κ3) is 6.70. The van der Waals surface area contributed by atoms with E-state index in [9.17, 15) is 15.0 Å². The fourth-order valence-electron chi connectivity index (χ4n) is 5.53. The lowest BCUT2D eigenvalue weighted by molar-refractivity contribution is -0.132. The van der Waals surface area contributed by atoms with Gasteiger partial charge in [-0.3, -0.25) is 4.79 Å². The van der Waals surface area contributed by atoms with Crippen molar-refractivity contribution in [3.63, 3.8) is 0 Å². The molecule has 5 heteroatoms. The van der Waals surface area contributed by atoms with Crippen molar-refractivity contribution in [2.45, 2.75) is 71.0 Å². The molecule has 2 aliphatic carbocycles. The first-order valence-corrected chi connectivity index (χ1v) is 12.5. The van der Waals surface area contributed by atoms with Crippen LogP contribution in [0, 0.1) is 35.5 Å². The minimum Gasteiger partial charge on any atom is -0.392 e. The van der Waals surface area contributed by atoms with Crippen molar-refractivity contribution in [3.05, 3.63) is 23.8 Å². The number of fused-ring (bicyclic) bond motifs is 1. The van der Waals surface area contributed by atoms with Crippen LogP contribution in [0.2, 0.25) is 0 Å². The zero-order valence-corrected chi connectivity index (χ0v) is 20.2. The Kier molecular flexibility index (Phi) is 9.40.